The molecule has 0 aliphatic rings. The summed E-state index contributed by atoms with van der Waals surface area (Å²) in [5.74, 6) is -0.554. The second-order valence-corrected chi connectivity index (χ2v) is 2.94. The summed E-state index contributed by atoms with van der Waals surface area (Å²) in [7, 11) is 1.32. The Bertz CT molecular complexity index is 377. The van der Waals surface area contributed by atoms with Gasteiger partial charge in [0.1, 0.15) is 0 Å². The lowest BCUT2D eigenvalue weighted by Gasteiger charge is -2.03. The van der Waals surface area contributed by atoms with Crippen molar-refractivity contribution < 1.29 is 14.3 Å². The minimum atomic E-state index is -0.415. The second kappa shape index (κ2) is 5.09. The third kappa shape index (κ3) is 3.38. The molecule has 0 atom stereocenters. The molecule has 0 fully saturated rings. The Morgan fingerprint density at radius 1 is 1.53 bits per heavy atom. The first kappa shape index (κ1) is 11.2. The van der Waals surface area contributed by atoms with Gasteiger partial charge in [-0.25, -0.2) is 4.79 Å². The zero-order valence-electron chi connectivity index (χ0n) is 8.61. The molecule has 0 saturated heterocycles. The number of pyridine rings is 1. The van der Waals surface area contributed by atoms with Crippen LogP contribution in [0.5, 0.6) is 0 Å². The lowest BCUT2D eigenvalue weighted by molar-refractivity contribution is -0.119. The predicted molar refractivity (Wildman–Crippen MR) is 53.1 cm³/mol. The van der Waals surface area contributed by atoms with Gasteiger partial charge in [0.2, 0.25) is 5.91 Å². The van der Waals surface area contributed by atoms with Crippen LogP contribution in [0.1, 0.15) is 23.0 Å². The number of ether oxygens (including phenoxy) is 1. The molecule has 0 aromatic carbocycles. The van der Waals surface area contributed by atoms with Crippen molar-refractivity contribution in [2.24, 2.45) is 0 Å². The van der Waals surface area contributed by atoms with Gasteiger partial charge in [-0.05, 0) is 12.1 Å². The summed E-state index contributed by atoms with van der Waals surface area (Å²) in [6.45, 7) is 1.73. The highest BCUT2D eigenvalue weighted by Gasteiger charge is 2.06. The SMILES string of the molecule is COC(=O)c1ccnc(CNC(C)=O)c1. The quantitative estimate of drug-likeness (QED) is 0.734. The fourth-order valence-electron chi connectivity index (χ4n) is 1.03. The number of nitrogens with zero attached hydrogens (tertiary/aromatic N) is 1. The van der Waals surface area contributed by atoms with Gasteiger partial charge in [0.15, 0.2) is 0 Å². The third-order valence-electron chi connectivity index (χ3n) is 1.76. The number of amides is 1. The molecular formula is C10H12N2O3. The normalized spacial score (nSPS) is 9.47. The van der Waals surface area contributed by atoms with Crippen LogP contribution in [0, 0.1) is 0 Å². The van der Waals surface area contributed by atoms with Crippen molar-refractivity contribution in [3.63, 3.8) is 0 Å². The van der Waals surface area contributed by atoms with Crippen molar-refractivity contribution in [2.45, 2.75) is 13.5 Å². The van der Waals surface area contributed by atoms with E-state index in [9.17, 15) is 9.59 Å². The summed E-state index contributed by atoms with van der Waals surface area (Å²) in [5, 5.41) is 2.59. The van der Waals surface area contributed by atoms with Crippen LogP contribution in [0.15, 0.2) is 18.3 Å². The van der Waals surface area contributed by atoms with E-state index in [2.05, 4.69) is 15.0 Å². The van der Waals surface area contributed by atoms with E-state index < -0.39 is 5.97 Å². The lowest BCUT2D eigenvalue weighted by atomic mass is 10.2. The smallest absolute Gasteiger partial charge is 0.337 e. The summed E-state index contributed by atoms with van der Waals surface area (Å²) in [4.78, 5) is 25.8. The van der Waals surface area contributed by atoms with Crippen molar-refractivity contribution >= 4 is 11.9 Å². The fourth-order valence-corrected chi connectivity index (χ4v) is 1.03. The Hall–Kier alpha value is -1.91. The van der Waals surface area contributed by atoms with Crippen LogP contribution >= 0.6 is 0 Å². The summed E-state index contributed by atoms with van der Waals surface area (Å²) in [6.07, 6.45) is 1.50. The topological polar surface area (TPSA) is 68.3 Å². The second-order valence-electron chi connectivity index (χ2n) is 2.94. The number of hydrogen-bond donors (Lipinski definition) is 1. The van der Waals surface area contributed by atoms with Crippen LogP contribution in [-0.2, 0) is 16.1 Å². The van der Waals surface area contributed by atoms with Gasteiger partial charge in [-0.2, -0.15) is 0 Å². The Morgan fingerprint density at radius 3 is 2.87 bits per heavy atom. The number of methoxy groups -OCH3 is 1. The minimum Gasteiger partial charge on any atom is -0.465 e. The van der Waals surface area contributed by atoms with Gasteiger partial charge < -0.3 is 10.1 Å². The molecule has 0 aliphatic heterocycles. The molecule has 5 heteroatoms. The molecule has 80 valence electrons. The van der Waals surface area contributed by atoms with Crippen LogP contribution in [0.4, 0.5) is 0 Å². The molecule has 0 aliphatic carbocycles. The van der Waals surface area contributed by atoms with Gasteiger partial charge in [0, 0.05) is 13.1 Å². The highest BCUT2D eigenvalue weighted by Crippen LogP contribution is 2.03. The number of hydrogen-bond acceptors (Lipinski definition) is 4. The number of rotatable bonds is 3. The highest BCUT2D eigenvalue weighted by molar-refractivity contribution is 5.89. The molecule has 1 heterocycles. The zero-order chi connectivity index (χ0) is 11.3. The molecule has 1 rings (SSSR count). The number of nitrogens with one attached hydrogen (secondary N) is 1. The van der Waals surface area contributed by atoms with Crippen molar-refractivity contribution in [2.75, 3.05) is 7.11 Å². The summed E-state index contributed by atoms with van der Waals surface area (Å²) >= 11 is 0. The molecule has 1 amide bonds. The molecule has 15 heavy (non-hydrogen) atoms. The number of carbonyl (C=O) groups is 2. The summed E-state index contributed by atoms with van der Waals surface area (Å²) in [6, 6.07) is 3.14. The van der Waals surface area contributed by atoms with E-state index in [1.807, 2.05) is 0 Å². The molecule has 0 unspecified atom stereocenters. The molecule has 5 nitrogen and oxygen atoms in total. The van der Waals surface area contributed by atoms with Crippen molar-refractivity contribution in [1.82, 2.24) is 10.3 Å². The molecule has 0 saturated carbocycles. The molecule has 0 radical (unpaired) electrons. The van der Waals surface area contributed by atoms with Gasteiger partial charge in [0.05, 0.1) is 24.9 Å². The minimum absolute atomic E-state index is 0.139. The van der Waals surface area contributed by atoms with Crippen LogP contribution in [0.25, 0.3) is 0 Å². The first-order chi connectivity index (χ1) is 7.13. The highest BCUT2D eigenvalue weighted by atomic mass is 16.5. The third-order valence-corrected chi connectivity index (χ3v) is 1.76. The van der Waals surface area contributed by atoms with Crippen molar-refractivity contribution in [3.8, 4) is 0 Å². The van der Waals surface area contributed by atoms with E-state index in [4.69, 9.17) is 0 Å². The maximum Gasteiger partial charge on any atom is 0.337 e. The Morgan fingerprint density at radius 2 is 2.27 bits per heavy atom. The predicted octanol–water partition coefficient (Wildman–Crippen LogP) is 0.504. The van der Waals surface area contributed by atoms with E-state index in [1.54, 1.807) is 12.1 Å². The number of aromatic nitrogens is 1. The van der Waals surface area contributed by atoms with Gasteiger partial charge in [-0.3, -0.25) is 9.78 Å². The van der Waals surface area contributed by atoms with Gasteiger partial charge in [-0.15, -0.1) is 0 Å². The Balaban J connectivity index is 2.74. The monoisotopic (exact) mass is 208 g/mol. The number of esters is 1. The van der Waals surface area contributed by atoms with E-state index in [0.29, 0.717) is 17.8 Å². The van der Waals surface area contributed by atoms with Gasteiger partial charge in [0.25, 0.3) is 0 Å². The maximum absolute atomic E-state index is 11.2. The lowest BCUT2D eigenvalue weighted by Crippen LogP contribution is -2.19. The van der Waals surface area contributed by atoms with Crippen molar-refractivity contribution in [3.05, 3.63) is 29.6 Å². The van der Waals surface area contributed by atoms with Crippen LogP contribution < -0.4 is 5.32 Å². The van der Waals surface area contributed by atoms with E-state index >= 15 is 0 Å². The standard InChI is InChI=1S/C10H12N2O3/c1-7(13)12-6-9-5-8(3-4-11-9)10(14)15-2/h3-5H,6H2,1-2H3,(H,12,13). The molecule has 1 N–H and O–H groups in total. The van der Waals surface area contributed by atoms with E-state index in [1.165, 1.54) is 20.2 Å². The first-order valence-corrected chi connectivity index (χ1v) is 4.41. The van der Waals surface area contributed by atoms with Gasteiger partial charge >= 0.3 is 5.97 Å². The van der Waals surface area contributed by atoms with Gasteiger partial charge in [-0.1, -0.05) is 0 Å². The first-order valence-electron chi connectivity index (χ1n) is 4.41. The molecular weight excluding hydrogens is 196 g/mol. The number of carbonyl (C=O) groups excluding carboxylic acids is 2. The van der Waals surface area contributed by atoms with Crippen molar-refractivity contribution in [1.29, 1.82) is 0 Å². The maximum atomic E-state index is 11.2. The van der Waals surface area contributed by atoms with E-state index in [0.717, 1.165) is 0 Å². The molecule has 0 bridgehead atoms. The average molecular weight is 208 g/mol. The van der Waals surface area contributed by atoms with Crippen LogP contribution in [-0.4, -0.2) is 24.0 Å². The molecule has 0 spiro atoms. The van der Waals surface area contributed by atoms with Crippen LogP contribution in [0.2, 0.25) is 0 Å². The van der Waals surface area contributed by atoms with E-state index in [-0.39, 0.29) is 5.91 Å². The molecule has 1 aromatic rings. The summed E-state index contributed by atoms with van der Waals surface area (Å²) in [5.41, 5.74) is 1.04. The summed E-state index contributed by atoms with van der Waals surface area (Å²) < 4.78 is 4.56. The Labute approximate surface area is 87.5 Å². The molecule has 1 aromatic heterocycles. The largest absolute Gasteiger partial charge is 0.465 e. The van der Waals surface area contributed by atoms with Crippen LogP contribution in [0.3, 0.4) is 0 Å². The zero-order valence-corrected chi connectivity index (χ0v) is 8.61. The average Bonchev–Trinajstić information content (AvgIpc) is 2.25. The Kier molecular flexibility index (Phi) is 3.79. The fraction of sp³-hybridized carbons (Fsp3) is 0.300.